The van der Waals surface area contributed by atoms with E-state index in [1.807, 2.05) is 26.0 Å². The summed E-state index contributed by atoms with van der Waals surface area (Å²) in [5, 5.41) is 8.56. The molecule has 1 rings (SSSR count). The largest absolute Gasteiger partial charge is 0.491 e. The van der Waals surface area contributed by atoms with E-state index in [1.165, 1.54) is 7.05 Å². The summed E-state index contributed by atoms with van der Waals surface area (Å²) in [7, 11) is 1.45. The molecule has 0 heterocycles. The van der Waals surface area contributed by atoms with Crippen LogP contribution >= 0.6 is 0 Å². The van der Waals surface area contributed by atoms with Gasteiger partial charge in [-0.25, -0.2) is 4.79 Å². The number of benzene rings is 1. The molecule has 98 valence electrons. The molecular weight excluding hydrogens is 234 g/mol. The smallest absolute Gasteiger partial charge is 0.394 e. The Bertz CT molecular complexity index is 425. The number of amides is 1. The third kappa shape index (κ3) is 4.08. The molecule has 0 aliphatic rings. The molecule has 0 radical (unpaired) electrons. The first kappa shape index (κ1) is 14.0. The second-order valence-electron chi connectivity index (χ2n) is 4.28. The number of hydrogen-bond acceptors (Lipinski definition) is 3. The van der Waals surface area contributed by atoms with Gasteiger partial charge in [-0.15, -0.1) is 0 Å². The van der Waals surface area contributed by atoms with E-state index in [-0.39, 0.29) is 12.6 Å². The van der Waals surface area contributed by atoms with Crippen LogP contribution in [0.3, 0.4) is 0 Å². The van der Waals surface area contributed by atoms with E-state index in [2.05, 4.69) is 0 Å². The summed E-state index contributed by atoms with van der Waals surface area (Å²) in [6.07, 6.45) is 0.104. The number of carbonyl (C=O) groups excluding carboxylic acids is 1. The van der Waals surface area contributed by atoms with Crippen molar-refractivity contribution in [3.05, 3.63) is 29.8 Å². The Morgan fingerprint density at radius 3 is 2.28 bits per heavy atom. The van der Waals surface area contributed by atoms with Gasteiger partial charge in [0, 0.05) is 13.6 Å². The Morgan fingerprint density at radius 1 is 1.28 bits per heavy atom. The highest BCUT2D eigenvalue weighted by molar-refractivity contribution is 6.31. The fraction of sp³-hybridized carbons (Fsp3) is 0.385. The van der Waals surface area contributed by atoms with Crippen molar-refractivity contribution in [1.82, 2.24) is 4.90 Å². The maximum absolute atomic E-state index is 11.2. The van der Waals surface area contributed by atoms with Gasteiger partial charge in [0.1, 0.15) is 5.75 Å². The molecule has 0 spiro atoms. The number of likely N-dealkylation sites (N-methyl/N-ethyl adjacent to an activating group) is 1. The topological polar surface area (TPSA) is 66.8 Å². The van der Waals surface area contributed by atoms with Gasteiger partial charge in [-0.3, -0.25) is 4.79 Å². The van der Waals surface area contributed by atoms with Crippen LogP contribution in [0.15, 0.2) is 24.3 Å². The number of carboxylic acids is 1. The fourth-order valence-corrected chi connectivity index (χ4v) is 1.45. The predicted octanol–water partition coefficient (Wildman–Crippen LogP) is 1.52. The van der Waals surface area contributed by atoms with Crippen molar-refractivity contribution in [2.24, 2.45) is 0 Å². The lowest BCUT2D eigenvalue weighted by Crippen LogP contribution is -2.32. The Kier molecular flexibility index (Phi) is 4.71. The molecule has 0 atom stereocenters. The van der Waals surface area contributed by atoms with Gasteiger partial charge in [0.15, 0.2) is 0 Å². The fourth-order valence-electron chi connectivity index (χ4n) is 1.45. The minimum Gasteiger partial charge on any atom is -0.491 e. The van der Waals surface area contributed by atoms with Crippen molar-refractivity contribution in [1.29, 1.82) is 0 Å². The summed E-state index contributed by atoms with van der Waals surface area (Å²) in [6, 6.07) is 7.22. The minimum absolute atomic E-state index is 0.104. The zero-order chi connectivity index (χ0) is 13.7. The highest BCUT2D eigenvalue weighted by Gasteiger charge is 2.16. The molecule has 0 fully saturated rings. The highest BCUT2D eigenvalue weighted by Crippen LogP contribution is 2.14. The number of rotatable bonds is 4. The predicted molar refractivity (Wildman–Crippen MR) is 66.3 cm³/mol. The third-order valence-corrected chi connectivity index (χ3v) is 2.24. The summed E-state index contributed by atoms with van der Waals surface area (Å²) < 4.78 is 5.49. The van der Waals surface area contributed by atoms with Gasteiger partial charge in [0.25, 0.3) is 0 Å². The Morgan fingerprint density at radius 2 is 1.83 bits per heavy atom. The van der Waals surface area contributed by atoms with Gasteiger partial charge in [0.2, 0.25) is 0 Å². The molecule has 0 saturated carbocycles. The first-order valence-corrected chi connectivity index (χ1v) is 5.64. The molecule has 0 saturated heterocycles. The summed E-state index contributed by atoms with van der Waals surface area (Å²) >= 11 is 0. The quantitative estimate of drug-likeness (QED) is 0.824. The lowest BCUT2D eigenvalue weighted by molar-refractivity contribution is -0.155. The first-order chi connectivity index (χ1) is 8.40. The van der Waals surface area contributed by atoms with Gasteiger partial charge in [-0.2, -0.15) is 0 Å². The van der Waals surface area contributed by atoms with Gasteiger partial charge in [0.05, 0.1) is 6.10 Å². The van der Waals surface area contributed by atoms with Crippen LogP contribution in [0.1, 0.15) is 19.4 Å². The Balaban J connectivity index is 2.63. The van der Waals surface area contributed by atoms with Crippen LogP contribution in [-0.4, -0.2) is 35.0 Å². The first-order valence-electron chi connectivity index (χ1n) is 5.64. The van der Waals surface area contributed by atoms with Gasteiger partial charge in [-0.1, -0.05) is 12.1 Å². The standard InChI is InChI=1S/C13H17NO4/c1-9(2)18-11-6-4-10(5-7-11)8-14(3)12(15)13(16)17/h4-7,9H,8H2,1-3H3,(H,16,17). The van der Waals surface area contributed by atoms with Crippen molar-refractivity contribution >= 4 is 11.9 Å². The van der Waals surface area contributed by atoms with E-state index in [9.17, 15) is 9.59 Å². The summed E-state index contributed by atoms with van der Waals surface area (Å²) in [6.45, 7) is 4.13. The molecule has 5 nitrogen and oxygen atoms in total. The maximum Gasteiger partial charge on any atom is 0.394 e. The lowest BCUT2D eigenvalue weighted by atomic mass is 10.2. The van der Waals surface area contributed by atoms with Crippen LogP contribution in [0.2, 0.25) is 0 Å². The molecule has 0 aromatic heterocycles. The van der Waals surface area contributed by atoms with Gasteiger partial charge >= 0.3 is 11.9 Å². The van der Waals surface area contributed by atoms with E-state index >= 15 is 0 Å². The Labute approximate surface area is 106 Å². The second kappa shape index (κ2) is 6.05. The van der Waals surface area contributed by atoms with Crippen LogP contribution in [0, 0.1) is 0 Å². The normalized spacial score (nSPS) is 10.2. The number of aliphatic carboxylic acids is 1. The monoisotopic (exact) mass is 251 g/mol. The van der Waals surface area contributed by atoms with Crippen LogP contribution in [0.4, 0.5) is 0 Å². The molecular formula is C13H17NO4. The number of hydrogen-bond donors (Lipinski definition) is 1. The number of nitrogens with zero attached hydrogens (tertiary/aromatic N) is 1. The summed E-state index contributed by atoms with van der Waals surface area (Å²) in [4.78, 5) is 22.8. The molecule has 18 heavy (non-hydrogen) atoms. The number of carboxylic acid groups (broad SMARTS) is 1. The molecule has 0 unspecified atom stereocenters. The maximum atomic E-state index is 11.2. The third-order valence-electron chi connectivity index (χ3n) is 2.24. The second-order valence-corrected chi connectivity index (χ2v) is 4.28. The molecule has 1 N–H and O–H groups in total. The van der Waals surface area contributed by atoms with Crippen molar-refractivity contribution in [2.75, 3.05) is 7.05 Å². The van der Waals surface area contributed by atoms with Crippen LogP contribution in [0.5, 0.6) is 5.75 Å². The van der Waals surface area contributed by atoms with E-state index in [1.54, 1.807) is 12.1 Å². The van der Waals surface area contributed by atoms with Crippen molar-refractivity contribution in [3.8, 4) is 5.75 Å². The Hall–Kier alpha value is -2.04. The highest BCUT2D eigenvalue weighted by atomic mass is 16.5. The lowest BCUT2D eigenvalue weighted by Gasteiger charge is -2.15. The van der Waals surface area contributed by atoms with Crippen LogP contribution < -0.4 is 4.74 Å². The summed E-state index contributed by atoms with van der Waals surface area (Å²) in [5.41, 5.74) is 0.850. The molecule has 1 aromatic carbocycles. The summed E-state index contributed by atoms with van der Waals surface area (Å²) in [5.74, 6) is -1.62. The minimum atomic E-state index is -1.45. The molecule has 5 heteroatoms. The van der Waals surface area contributed by atoms with Crippen molar-refractivity contribution < 1.29 is 19.4 Å². The molecule has 1 aromatic rings. The zero-order valence-electron chi connectivity index (χ0n) is 10.7. The van der Waals surface area contributed by atoms with E-state index < -0.39 is 11.9 Å². The van der Waals surface area contributed by atoms with E-state index in [4.69, 9.17) is 9.84 Å². The number of ether oxygens (including phenoxy) is 1. The van der Waals surface area contributed by atoms with E-state index in [0.29, 0.717) is 0 Å². The molecule has 0 aliphatic heterocycles. The average Bonchev–Trinajstić information content (AvgIpc) is 2.29. The average molecular weight is 251 g/mol. The zero-order valence-corrected chi connectivity index (χ0v) is 10.7. The van der Waals surface area contributed by atoms with E-state index in [0.717, 1.165) is 16.2 Å². The molecule has 0 aliphatic carbocycles. The van der Waals surface area contributed by atoms with Crippen LogP contribution in [-0.2, 0) is 16.1 Å². The van der Waals surface area contributed by atoms with Crippen molar-refractivity contribution in [3.63, 3.8) is 0 Å². The van der Waals surface area contributed by atoms with Gasteiger partial charge in [-0.05, 0) is 31.5 Å². The van der Waals surface area contributed by atoms with Crippen molar-refractivity contribution in [2.45, 2.75) is 26.5 Å². The molecule has 0 bridgehead atoms. The molecule has 1 amide bonds. The van der Waals surface area contributed by atoms with Crippen LogP contribution in [0.25, 0.3) is 0 Å². The number of carbonyl (C=O) groups is 2. The van der Waals surface area contributed by atoms with Gasteiger partial charge < -0.3 is 14.7 Å². The SMILES string of the molecule is CC(C)Oc1ccc(CN(C)C(=O)C(=O)O)cc1.